The van der Waals surface area contributed by atoms with E-state index in [1.165, 1.54) is 5.56 Å². The van der Waals surface area contributed by atoms with Crippen LogP contribution in [0.2, 0.25) is 5.02 Å². The van der Waals surface area contributed by atoms with E-state index >= 15 is 0 Å². The zero-order valence-corrected chi connectivity index (χ0v) is 16.3. The SMILES string of the molecule is Cc1ccc(-c2ncc(N3CCOC(CO)C3)nc2-c2ccncc2Cl)cc1. The van der Waals surface area contributed by atoms with Crippen molar-refractivity contribution in [2.45, 2.75) is 13.0 Å². The van der Waals surface area contributed by atoms with Crippen molar-refractivity contribution in [2.75, 3.05) is 31.2 Å². The zero-order chi connectivity index (χ0) is 19.5. The van der Waals surface area contributed by atoms with Crippen molar-refractivity contribution >= 4 is 17.4 Å². The Bertz CT molecular complexity index is 965. The normalized spacial score (nSPS) is 17.0. The van der Waals surface area contributed by atoms with Gasteiger partial charge in [-0.25, -0.2) is 4.98 Å². The molecule has 3 heterocycles. The smallest absolute Gasteiger partial charge is 0.148 e. The number of morpholine rings is 1. The number of hydrogen-bond acceptors (Lipinski definition) is 6. The number of rotatable bonds is 4. The van der Waals surface area contributed by atoms with Gasteiger partial charge in [-0.2, -0.15) is 0 Å². The van der Waals surface area contributed by atoms with Crippen LogP contribution in [0.25, 0.3) is 22.5 Å². The summed E-state index contributed by atoms with van der Waals surface area (Å²) in [6.45, 7) is 3.83. The van der Waals surface area contributed by atoms with Crippen molar-refractivity contribution in [3.05, 3.63) is 59.5 Å². The van der Waals surface area contributed by atoms with Gasteiger partial charge in [0.1, 0.15) is 11.5 Å². The van der Waals surface area contributed by atoms with Gasteiger partial charge in [-0.15, -0.1) is 0 Å². The van der Waals surface area contributed by atoms with Crippen LogP contribution in [-0.2, 0) is 4.74 Å². The van der Waals surface area contributed by atoms with E-state index in [1.54, 1.807) is 18.6 Å². The lowest BCUT2D eigenvalue weighted by atomic mass is 10.0. The second kappa shape index (κ2) is 8.22. The van der Waals surface area contributed by atoms with E-state index in [0.29, 0.717) is 30.4 Å². The molecule has 7 heteroatoms. The minimum Gasteiger partial charge on any atom is -0.394 e. The van der Waals surface area contributed by atoms with Crippen LogP contribution in [0.1, 0.15) is 5.56 Å². The van der Waals surface area contributed by atoms with E-state index < -0.39 is 0 Å². The molecule has 0 saturated carbocycles. The van der Waals surface area contributed by atoms with Crippen molar-refractivity contribution in [1.82, 2.24) is 15.0 Å². The molecule has 1 aliphatic rings. The maximum Gasteiger partial charge on any atom is 0.148 e. The molecule has 0 amide bonds. The second-order valence-corrected chi connectivity index (χ2v) is 7.18. The number of aliphatic hydroxyl groups excluding tert-OH is 1. The fourth-order valence-electron chi connectivity index (χ4n) is 3.25. The van der Waals surface area contributed by atoms with Gasteiger partial charge in [-0.3, -0.25) is 9.97 Å². The summed E-state index contributed by atoms with van der Waals surface area (Å²) in [5.74, 6) is 0.737. The Morgan fingerprint density at radius 3 is 2.75 bits per heavy atom. The molecule has 1 aliphatic heterocycles. The predicted octanol–water partition coefficient (Wildman–Crippen LogP) is 3.36. The molecular weight excluding hydrogens is 376 g/mol. The van der Waals surface area contributed by atoms with Gasteiger partial charge in [-0.1, -0.05) is 41.4 Å². The summed E-state index contributed by atoms with van der Waals surface area (Å²) in [4.78, 5) is 15.8. The summed E-state index contributed by atoms with van der Waals surface area (Å²) in [5.41, 5.74) is 4.42. The number of anilines is 1. The zero-order valence-electron chi connectivity index (χ0n) is 15.5. The third kappa shape index (κ3) is 3.85. The largest absolute Gasteiger partial charge is 0.394 e. The van der Waals surface area contributed by atoms with Crippen LogP contribution in [0, 0.1) is 6.92 Å². The standard InChI is InChI=1S/C21H21ClN4O2/c1-14-2-4-15(5-3-14)20-21(17-6-7-23-10-18(17)22)25-19(11-24-20)26-8-9-28-16(12-26)13-27/h2-7,10-11,16,27H,8-9,12-13H2,1H3. The molecule has 4 rings (SSSR count). The van der Waals surface area contributed by atoms with E-state index in [1.807, 2.05) is 18.2 Å². The fourth-order valence-corrected chi connectivity index (χ4v) is 3.46. The van der Waals surface area contributed by atoms with Crippen LogP contribution in [-0.4, -0.2) is 52.5 Å². The maximum atomic E-state index is 9.43. The highest BCUT2D eigenvalue weighted by Crippen LogP contribution is 2.34. The van der Waals surface area contributed by atoms with E-state index in [0.717, 1.165) is 22.6 Å². The molecule has 0 spiro atoms. The highest BCUT2D eigenvalue weighted by molar-refractivity contribution is 6.33. The number of aromatic nitrogens is 3. The second-order valence-electron chi connectivity index (χ2n) is 6.77. The van der Waals surface area contributed by atoms with Crippen LogP contribution in [0.5, 0.6) is 0 Å². The van der Waals surface area contributed by atoms with Gasteiger partial charge < -0.3 is 14.7 Å². The van der Waals surface area contributed by atoms with Gasteiger partial charge in [0, 0.05) is 36.6 Å². The minimum absolute atomic E-state index is 0.0194. The van der Waals surface area contributed by atoms with Crippen molar-refractivity contribution < 1.29 is 9.84 Å². The molecule has 0 aliphatic carbocycles. The summed E-state index contributed by atoms with van der Waals surface area (Å²) in [6.07, 6.45) is 4.86. The molecule has 1 N–H and O–H groups in total. The third-order valence-electron chi connectivity index (χ3n) is 4.78. The van der Waals surface area contributed by atoms with Crippen LogP contribution >= 0.6 is 11.6 Å². The maximum absolute atomic E-state index is 9.43. The van der Waals surface area contributed by atoms with Crippen molar-refractivity contribution in [1.29, 1.82) is 0 Å². The quantitative estimate of drug-likeness (QED) is 0.729. The number of aliphatic hydroxyl groups is 1. The van der Waals surface area contributed by atoms with Gasteiger partial charge in [0.05, 0.1) is 36.2 Å². The Balaban J connectivity index is 1.81. The first kappa shape index (κ1) is 18.8. The molecule has 1 unspecified atom stereocenters. The fraction of sp³-hybridized carbons (Fsp3) is 0.286. The lowest BCUT2D eigenvalue weighted by Gasteiger charge is -2.33. The number of aryl methyl sites for hydroxylation is 1. The number of nitrogens with zero attached hydrogens (tertiary/aromatic N) is 4. The highest BCUT2D eigenvalue weighted by atomic mass is 35.5. The minimum atomic E-state index is -0.222. The molecule has 1 fully saturated rings. The van der Waals surface area contributed by atoms with Crippen LogP contribution in [0.3, 0.4) is 0 Å². The van der Waals surface area contributed by atoms with Gasteiger partial charge in [0.15, 0.2) is 0 Å². The number of halogens is 1. The van der Waals surface area contributed by atoms with Crippen molar-refractivity contribution in [2.24, 2.45) is 0 Å². The number of ether oxygens (including phenoxy) is 1. The number of benzene rings is 1. The molecule has 6 nitrogen and oxygen atoms in total. The molecule has 1 saturated heterocycles. The van der Waals surface area contributed by atoms with Gasteiger partial charge >= 0.3 is 0 Å². The van der Waals surface area contributed by atoms with Crippen LogP contribution < -0.4 is 4.90 Å². The molecule has 3 aromatic rings. The summed E-state index contributed by atoms with van der Waals surface area (Å²) in [5, 5.41) is 9.95. The average molecular weight is 397 g/mol. The van der Waals surface area contributed by atoms with E-state index in [2.05, 4.69) is 28.9 Å². The number of pyridine rings is 1. The first-order chi connectivity index (χ1) is 13.7. The average Bonchev–Trinajstić information content (AvgIpc) is 2.74. The van der Waals surface area contributed by atoms with Gasteiger partial charge in [0.2, 0.25) is 0 Å². The molecular formula is C21H21ClN4O2. The molecule has 1 atom stereocenters. The first-order valence-corrected chi connectivity index (χ1v) is 9.55. The summed E-state index contributed by atoms with van der Waals surface area (Å²) in [7, 11) is 0. The topological polar surface area (TPSA) is 71.4 Å². The monoisotopic (exact) mass is 396 g/mol. The lowest BCUT2D eigenvalue weighted by Crippen LogP contribution is -2.44. The predicted molar refractivity (Wildman–Crippen MR) is 109 cm³/mol. The third-order valence-corrected chi connectivity index (χ3v) is 5.08. The van der Waals surface area contributed by atoms with Crippen molar-refractivity contribution in [3.63, 3.8) is 0 Å². The molecule has 0 bridgehead atoms. The van der Waals surface area contributed by atoms with E-state index in [-0.39, 0.29) is 12.7 Å². The molecule has 28 heavy (non-hydrogen) atoms. The number of hydrogen-bond donors (Lipinski definition) is 1. The van der Waals surface area contributed by atoms with E-state index in [9.17, 15) is 5.11 Å². The lowest BCUT2D eigenvalue weighted by molar-refractivity contribution is 0.00335. The Morgan fingerprint density at radius 1 is 1.18 bits per heavy atom. The highest BCUT2D eigenvalue weighted by Gasteiger charge is 2.23. The Morgan fingerprint density at radius 2 is 2.00 bits per heavy atom. The van der Waals surface area contributed by atoms with Gasteiger partial charge in [0.25, 0.3) is 0 Å². The Hall–Kier alpha value is -2.54. The van der Waals surface area contributed by atoms with E-state index in [4.69, 9.17) is 26.3 Å². The summed E-state index contributed by atoms with van der Waals surface area (Å²) >= 11 is 6.43. The molecule has 0 radical (unpaired) electrons. The summed E-state index contributed by atoms with van der Waals surface area (Å²) in [6, 6.07) is 10.0. The van der Waals surface area contributed by atoms with Gasteiger partial charge in [-0.05, 0) is 13.0 Å². The molecule has 2 aromatic heterocycles. The summed E-state index contributed by atoms with van der Waals surface area (Å²) < 4.78 is 5.55. The van der Waals surface area contributed by atoms with Crippen molar-refractivity contribution in [3.8, 4) is 22.5 Å². The van der Waals surface area contributed by atoms with Crippen LogP contribution in [0.15, 0.2) is 48.9 Å². The molecule has 1 aromatic carbocycles. The first-order valence-electron chi connectivity index (χ1n) is 9.17. The van der Waals surface area contributed by atoms with Crippen LogP contribution in [0.4, 0.5) is 5.82 Å². The molecule has 144 valence electrons. The Labute approximate surface area is 168 Å². The Kier molecular flexibility index (Phi) is 5.52.